The minimum atomic E-state index is -4.49. The van der Waals surface area contributed by atoms with Gasteiger partial charge in [0.15, 0.2) is 11.6 Å². The van der Waals surface area contributed by atoms with Crippen molar-refractivity contribution in [1.29, 1.82) is 0 Å². The van der Waals surface area contributed by atoms with Crippen LogP contribution in [0.25, 0.3) is 16.9 Å². The second-order valence-corrected chi connectivity index (χ2v) is 6.44. The number of nitrogens with two attached hydrogens (primary N) is 1. The molecule has 8 heteroatoms. The largest absolute Gasteiger partial charge is 0.433 e. The molecule has 0 unspecified atom stereocenters. The Morgan fingerprint density at radius 1 is 0.923 bits per heavy atom. The van der Waals surface area contributed by atoms with E-state index in [0.717, 1.165) is 42.9 Å². The summed E-state index contributed by atoms with van der Waals surface area (Å²) in [6, 6.07) is 9.30. The Labute approximate surface area is 148 Å². The summed E-state index contributed by atoms with van der Waals surface area (Å²) in [5, 5.41) is 4.18. The number of nitrogen functional groups attached to an aromatic ring is 1. The van der Waals surface area contributed by atoms with Crippen molar-refractivity contribution in [1.82, 2.24) is 14.6 Å². The number of fused-ring (bicyclic) bond motifs is 1. The standard InChI is InChI=1S/C18H18F3N5/c19-18(20,21)15-9-8-14-17(25-10-2-1-3-11-25)23-16(24-26(14)15)12-4-6-13(22)7-5-12/h4-9H,1-3,10-11,22H2. The van der Waals surface area contributed by atoms with Gasteiger partial charge in [-0.15, -0.1) is 5.10 Å². The number of anilines is 2. The van der Waals surface area contributed by atoms with Crippen LogP contribution in [0.4, 0.5) is 24.7 Å². The van der Waals surface area contributed by atoms with E-state index in [9.17, 15) is 13.2 Å². The molecule has 136 valence electrons. The van der Waals surface area contributed by atoms with Crippen LogP contribution < -0.4 is 10.6 Å². The molecule has 0 saturated carbocycles. The molecule has 0 spiro atoms. The normalized spacial score (nSPS) is 15.6. The summed E-state index contributed by atoms with van der Waals surface area (Å²) in [6.07, 6.45) is -1.36. The second kappa shape index (κ2) is 6.19. The van der Waals surface area contributed by atoms with Crippen molar-refractivity contribution in [2.45, 2.75) is 25.4 Å². The van der Waals surface area contributed by atoms with Gasteiger partial charge < -0.3 is 10.6 Å². The highest BCUT2D eigenvalue weighted by Crippen LogP contribution is 2.34. The Bertz CT molecular complexity index is 924. The van der Waals surface area contributed by atoms with Crippen LogP contribution >= 0.6 is 0 Å². The average Bonchev–Trinajstić information content (AvgIpc) is 3.06. The van der Waals surface area contributed by atoms with Crippen LogP contribution in [0.2, 0.25) is 0 Å². The molecule has 1 aliphatic rings. The van der Waals surface area contributed by atoms with Gasteiger partial charge in [0.05, 0.1) is 0 Å². The molecule has 0 atom stereocenters. The summed E-state index contributed by atoms with van der Waals surface area (Å²) in [5.41, 5.74) is 6.47. The molecular weight excluding hydrogens is 343 g/mol. The lowest BCUT2D eigenvalue weighted by Crippen LogP contribution is -2.31. The van der Waals surface area contributed by atoms with Crippen molar-refractivity contribution in [2.24, 2.45) is 0 Å². The molecule has 1 saturated heterocycles. The van der Waals surface area contributed by atoms with Gasteiger partial charge in [0.2, 0.25) is 0 Å². The van der Waals surface area contributed by atoms with Gasteiger partial charge in [-0.25, -0.2) is 9.50 Å². The Hall–Kier alpha value is -2.77. The van der Waals surface area contributed by atoms with Gasteiger partial charge in [0.1, 0.15) is 11.2 Å². The van der Waals surface area contributed by atoms with E-state index in [1.54, 1.807) is 24.3 Å². The summed E-state index contributed by atoms with van der Waals surface area (Å²) in [5.74, 6) is 0.793. The number of halogens is 3. The van der Waals surface area contributed by atoms with Crippen molar-refractivity contribution in [2.75, 3.05) is 23.7 Å². The highest BCUT2D eigenvalue weighted by Gasteiger charge is 2.35. The molecule has 2 aromatic heterocycles. The molecule has 4 rings (SSSR count). The molecule has 0 bridgehead atoms. The second-order valence-electron chi connectivity index (χ2n) is 6.44. The van der Waals surface area contributed by atoms with Gasteiger partial charge in [0, 0.05) is 24.3 Å². The first-order valence-corrected chi connectivity index (χ1v) is 8.51. The van der Waals surface area contributed by atoms with Crippen LogP contribution in [0, 0.1) is 0 Å². The van der Waals surface area contributed by atoms with Gasteiger partial charge in [-0.05, 0) is 55.7 Å². The van der Waals surface area contributed by atoms with Crippen molar-refractivity contribution in [3.05, 3.63) is 42.1 Å². The fraction of sp³-hybridized carbons (Fsp3) is 0.333. The summed E-state index contributed by atoms with van der Waals surface area (Å²) in [7, 11) is 0. The minimum Gasteiger partial charge on any atom is -0.399 e. The minimum absolute atomic E-state index is 0.250. The SMILES string of the molecule is Nc1ccc(-c2nc(N3CCCCC3)c3ccc(C(F)(F)F)n3n2)cc1. The molecule has 2 N–H and O–H groups in total. The van der Waals surface area contributed by atoms with Crippen molar-refractivity contribution in [3.8, 4) is 11.4 Å². The van der Waals surface area contributed by atoms with Crippen LogP contribution in [-0.2, 0) is 6.18 Å². The number of hydrogen-bond acceptors (Lipinski definition) is 4. The summed E-state index contributed by atoms with van der Waals surface area (Å²) in [6.45, 7) is 1.56. The maximum Gasteiger partial charge on any atom is 0.433 e. The van der Waals surface area contributed by atoms with Crippen molar-refractivity contribution >= 4 is 17.0 Å². The average molecular weight is 361 g/mol. The molecule has 1 fully saturated rings. The van der Waals surface area contributed by atoms with Gasteiger partial charge in [0.25, 0.3) is 0 Å². The number of benzene rings is 1. The van der Waals surface area contributed by atoms with Crippen LogP contribution in [-0.4, -0.2) is 27.7 Å². The summed E-state index contributed by atoms with van der Waals surface area (Å²) in [4.78, 5) is 6.65. The molecular formula is C18H18F3N5. The van der Waals surface area contributed by atoms with E-state index in [-0.39, 0.29) is 5.82 Å². The smallest absolute Gasteiger partial charge is 0.399 e. The number of piperidine rings is 1. The van der Waals surface area contributed by atoms with E-state index in [4.69, 9.17) is 5.73 Å². The first-order valence-electron chi connectivity index (χ1n) is 8.51. The van der Waals surface area contributed by atoms with E-state index >= 15 is 0 Å². The fourth-order valence-electron chi connectivity index (χ4n) is 3.29. The molecule has 1 aromatic carbocycles. The lowest BCUT2D eigenvalue weighted by molar-refractivity contribution is -0.142. The monoisotopic (exact) mass is 361 g/mol. The topological polar surface area (TPSA) is 59.5 Å². The van der Waals surface area contributed by atoms with E-state index in [0.29, 0.717) is 22.6 Å². The Kier molecular flexibility index (Phi) is 3.97. The van der Waals surface area contributed by atoms with Crippen molar-refractivity contribution in [3.63, 3.8) is 0 Å². The van der Waals surface area contributed by atoms with E-state index in [2.05, 4.69) is 10.1 Å². The van der Waals surface area contributed by atoms with Crippen LogP contribution in [0.3, 0.4) is 0 Å². The van der Waals surface area contributed by atoms with Crippen LogP contribution in [0.5, 0.6) is 0 Å². The fourth-order valence-corrected chi connectivity index (χ4v) is 3.29. The van der Waals surface area contributed by atoms with Gasteiger partial charge >= 0.3 is 6.18 Å². The molecule has 0 aliphatic carbocycles. The van der Waals surface area contributed by atoms with Crippen LogP contribution in [0.15, 0.2) is 36.4 Å². The van der Waals surface area contributed by atoms with Crippen molar-refractivity contribution < 1.29 is 13.2 Å². The third-order valence-electron chi connectivity index (χ3n) is 4.61. The molecule has 3 heterocycles. The van der Waals surface area contributed by atoms with Gasteiger partial charge in [-0.3, -0.25) is 0 Å². The molecule has 0 radical (unpaired) electrons. The zero-order chi connectivity index (χ0) is 18.3. The molecule has 26 heavy (non-hydrogen) atoms. The van der Waals surface area contributed by atoms with E-state index in [1.807, 2.05) is 4.90 Å². The van der Waals surface area contributed by atoms with E-state index in [1.165, 1.54) is 6.07 Å². The zero-order valence-corrected chi connectivity index (χ0v) is 14.0. The summed E-state index contributed by atoms with van der Waals surface area (Å²) >= 11 is 0. The Morgan fingerprint density at radius 3 is 2.27 bits per heavy atom. The predicted octanol–water partition coefficient (Wildman–Crippen LogP) is 3.99. The number of rotatable bonds is 2. The first-order chi connectivity index (χ1) is 12.4. The molecule has 5 nitrogen and oxygen atoms in total. The highest BCUT2D eigenvalue weighted by atomic mass is 19.4. The lowest BCUT2D eigenvalue weighted by Gasteiger charge is -2.28. The Morgan fingerprint density at radius 2 is 1.62 bits per heavy atom. The Balaban J connectivity index is 1.93. The highest BCUT2D eigenvalue weighted by molar-refractivity contribution is 5.73. The zero-order valence-electron chi connectivity index (χ0n) is 14.0. The summed E-state index contributed by atoms with van der Waals surface area (Å²) < 4.78 is 41.2. The number of nitrogens with zero attached hydrogens (tertiary/aromatic N) is 4. The third kappa shape index (κ3) is 2.95. The number of hydrogen-bond donors (Lipinski definition) is 1. The number of alkyl halides is 3. The third-order valence-corrected chi connectivity index (χ3v) is 4.61. The van der Waals surface area contributed by atoms with Crippen LogP contribution in [0.1, 0.15) is 25.0 Å². The molecule has 1 aliphatic heterocycles. The molecule has 3 aromatic rings. The van der Waals surface area contributed by atoms with Gasteiger partial charge in [-0.1, -0.05) is 0 Å². The van der Waals surface area contributed by atoms with Gasteiger partial charge in [-0.2, -0.15) is 13.2 Å². The maximum atomic E-state index is 13.4. The maximum absolute atomic E-state index is 13.4. The first kappa shape index (κ1) is 16.7. The van der Waals surface area contributed by atoms with E-state index < -0.39 is 11.9 Å². The molecule has 0 amide bonds. The number of aromatic nitrogens is 3. The quantitative estimate of drug-likeness (QED) is 0.701. The predicted molar refractivity (Wildman–Crippen MR) is 93.9 cm³/mol. The lowest BCUT2D eigenvalue weighted by atomic mass is 10.1.